The topological polar surface area (TPSA) is 72.5 Å². The summed E-state index contributed by atoms with van der Waals surface area (Å²) >= 11 is 0. The van der Waals surface area contributed by atoms with Gasteiger partial charge in [0.1, 0.15) is 16.3 Å². The van der Waals surface area contributed by atoms with E-state index in [9.17, 15) is 22.0 Å². The number of rotatable bonds is 6. The Morgan fingerprint density at radius 3 is 2.57 bits per heavy atom. The van der Waals surface area contributed by atoms with Crippen molar-refractivity contribution in [3.8, 4) is 0 Å². The van der Waals surface area contributed by atoms with Crippen LogP contribution in [0, 0.1) is 11.6 Å². The van der Waals surface area contributed by atoms with Crippen molar-refractivity contribution in [1.29, 1.82) is 0 Å². The van der Waals surface area contributed by atoms with Gasteiger partial charge in [0, 0.05) is 23.8 Å². The van der Waals surface area contributed by atoms with Crippen molar-refractivity contribution >= 4 is 25.6 Å². The van der Waals surface area contributed by atoms with Gasteiger partial charge in [0.05, 0.1) is 6.10 Å². The molecule has 0 bridgehead atoms. The van der Waals surface area contributed by atoms with Gasteiger partial charge in [-0.25, -0.2) is 17.2 Å². The molecule has 1 aromatic carbocycles. The SMILES string of the molecule is CCOC(C)CNC(=O)c1c(F)ccc(S(=O)(=O)Cl)c1F. The van der Waals surface area contributed by atoms with Crippen LogP contribution in [-0.2, 0) is 13.8 Å². The van der Waals surface area contributed by atoms with E-state index in [1.54, 1.807) is 13.8 Å². The van der Waals surface area contributed by atoms with E-state index in [4.69, 9.17) is 15.4 Å². The van der Waals surface area contributed by atoms with Gasteiger partial charge >= 0.3 is 0 Å². The second kappa shape index (κ2) is 7.15. The van der Waals surface area contributed by atoms with E-state index in [0.29, 0.717) is 18.7 Å². The molecule has 0 radical (unpaired) electrons. The lowest BCUT2D eigenvalue weighted by Gasteiger charge is -2.13. The maximum atomic E-state index is 14.0. The molecule has 5 nitrogen and oxygen atoms in total. The van der Waals surface area contributed by atoms with E-state index in [2.05, 4.69) is 5.32 Å². The molecule has 0 aliphatic heterocycles. The van der Waals surface area contributed by atoms with Crippen LogP contribution in [0.15, 0.2) is 17.0 Å². The highest BCUT2D eigenvalue weighted by Crippen LogP contribution is 2.23. The van der Waals surface area contributed by atoms with Crippen LogP contribution in [0.4, 0.5) is 8.78 Å². The lowest BCUT2D eigenvalue weighted by Crippen LogP contribution is -2.33. The highest BCUT2D eigenvalue weighted by Gasteiger charge is 2.26. The highest BCUT2D eigenvalue weighted by molar-refractivity contribution is 8.13. The molecule has 0 aromatic heterocycles. The fourth-order valence-electron chi connectivity index (χ4n) is 1.60. The third-order valence-corrected chi connectivity index (χ3v) is 3.89. The van der Waals surface area contributed by atoms with E-state index in [-0.39, 0.29) is 12.6 Å². The Kier molecular flexibility index (Phi) is 6.06. The molecule has 0 aliphatic rings. The smallest absolute Gasteiger partial charge is 0.264 e. The van der Waals surface area contributed by atoms with Gasteiger partial charge in [-0.05, 0) is 26.0 Å². The van der Waals surface area contributed by atoms with Crippen molar-refractivity contribution < 1.29 is 26.7 Å². The number of carbonyl (C=O) groups excluding carboxylic acids is 1. The molecule has 0 saturated carbocycles. The first-order valence-corrected chi connectivity index (χ1v) is 8.31. The molecule has 0 spiro atoms. The van der Waals surface area contributed by atoms with Crippen molar-refractivity contribution in [3.05, 3.63) is 29.3 Å². The Bertz CT molecular complexity index is 636. The molecule has 21 heavy (non-hydrogen) atoms. The fourth-order valence-corrected chi connectivity index (χ4v) is 2.50. The van der Waals surface area contributed by atoms with Crippen LogP contribution in [-0.4, -0.2) is 33.6 Å². The Balaban J connectivity index is 3.05. The minimum atomic E-state index is -4.42. The predicted octanol–water partition coefficient (Wildman–Crippen LogP) is 2.05. The summed E-state index contributed by atoms with van der Waals surface area (Å²) in [4.78, 5) is 10.8. The molecule has 0 aliphatic carbocycles. The molecule has 0 saturated heterocycles. The summed E-state index contributed by atoms with van der Waals surface area (Å²) in [5.74, 6) is -3.79. The number of benzene rings is 1. The van der Waals surface area contributed by atoms with E-state index >= 15 is 0 Å². The molecule has 1 amide bonds. The summed E-state index contributed by atoms with van der Waals surface area (Å²) in [6.07, 6.45) is -0.356. The van der Waals surface area contributed by atoms with Crippen molar-refractivity contribution in [2.75, 3.05) is 13.2 Å². The molecular weight excluding hydrogens is 328 g/mol. The summed E-state index contributed by atoms with van der Waals surface area (Å²) in [5, 5.41) is 2.26. The molecule has 1 rings (SSSR count). The van der Waals surface area contributed by atoms with E-state index in [1.165, 1.54) is 0 Å². The normalized spacial score (nSPS) is 13.0. The average Bonchev–Trinajstić information content (AvgIpc) is 2.35. The lowest BCUT2D eigenvalue weighted by atomic mass is 10.2. The van der Waals surface area contributed by atoms with Crippen LogP contribution in [0.2, 0.25) is 0 Å². The Morgan fingerprint density at radius 2 is 2.05 bits per heavy atom. The van der Waals surface area contributed by atoms with E-state index in [1.807, 2.05) is 0 Å². The average molecular weight is 342 g/mol. The van der Waals surface area contributed by atoms with Gasteiger partial charge in [-0.1, -0.05) is 0 Å². The molecule has 1 atom stereocenters. The molecule has 0 fully saturated rings. The van der Waals surface area contributed by atoms with Gasteiger partial charge in [-0.15, -0.1) is 0 Å². The minimum absolute atomic E-state index is 0.0173. The number of hydrogen-bond acceptors (Lipinski definition) is 4. The molecule has 0 heterocycles. The Labute approximate surface area is 125 Å². The standard InChI is InChI=1S/C12H14ClF2NO4S/c1-3-20-7(2)6-16-12(17)10-8(14)4-5-9(11(10)15)21(13,18)19/h4-5,7H,3,6H2,1-2H3,(H,16,17). The Morgan fingerprint density at radius 1 is 1.43 bits per heavy atom. The zero-order chi connectivity index (χ0) is 16.2. The third-order valence-electron chi connectivity index (χ3n) is 2.55. The quantitative estimate of drug-likeness (QED) is 0.804. The van der Waals surface area contributed by atoms with Crippen molar-refractivity contribution in [1.82, 2.24) is 5.32 Å². The maximum absolute atomic E-state index is 14.0. The van der Waals surface area contributed by atoms with Crippen LogP contribution in [0.3, 0.4) is 0 Å². The van der Waals surface area contributed by atoms with Gasteiger partial charge in [-0.3, -0.25) is 4.79 Å². The minimum Gasteiger partial charge on any atom is -0.377 e. The van der Waals surface area contributed by atoms with E-state index in [0.717, 1.165) is 0 Å². The summed E-state index contributed by atoms with van der Waals surface area (Å²) in [6, 6.07) is 1.33. The Hall–Kier alpha value is -1.25. The number of nitrogens with one attached hydrogen (secondary N) is 1. The highest BCUT2D eigenvalue weighted by atomic mass is 35.7. The van der Waals surface area contributed by atoms with Crippen molar-refractivity contribution in [2.45, 2.75) is 24.8 Å². The third kappa shape index (κ3) is 4.62. The van der Waals surface area contributed by atoms with E-state index < -0.39 is 37.1 Å². The number of hydrogen-bond donors (Lipinski definition) is 1. The van der Waals surface area contributed by atoms with Crippen molar-refractivity contribution in [3.63, 3.8) is 0 Å². The molecule has 9 heteroatoms. The van der Waals surface area contributed by atoms with Crippen molar-refractivity contribution in [2.24, 2.45) is 0 Å². The first kappa shape index (κ1) is 17.8. The van der Waals surface area contributed by atoms with Crippen LogP contribution in [0.25, 0.3) is 0 Å². The lowest BCUT2D eigenvalue weighted by molar-refractivity contribution is 0.0691. The first-order chi connectivity index (χ1) is 9.68. The van der Waals surface area contributed by atoms with Crippen LogP contribution in [0.5, 0.6) is 0 Å². The van der Waals surface area contributed by atoms with Gasteiger partial charge < -0.3 is 10.1 Å². The van der Waals surface area contributed by atoms with Gasteiger partial charge in [0.15, 0.2) is 5.82 Å². The molecular formula is C12H14ClF2NO4S. The maximum Gasteiger partial charge on any atom is 0.264 e. The first-order valence-electron chi connectivity index (χ1n) is 6.01. The second-order valence-corrected chi connectivity index (χ2v) is 6.68. The largest absolute Gasteiger partial charge is 0.377 e. The van der Waals surface area contributed by atoms with Crippen LogP contribution >= 0.6 is 10.7 Å². The molecule has 1 N–H and O–H groups in total. The summed E-state index contributed by atoms with van der Waals surface area (Å²) in [5.41, 5.74) is -1.000. The second-order valence-electron chi connectivity index (χ2n) is 4.15. The number of halogens is 3. The van der Waals surface area contributed by atoms with Gasteiger partial charge in [-0.2, -0.15) is 0 Å². The summed E-state index contributed by atoms with van der Waals surface area (Å²) in [7, 11) is 0.599. The number of carbonyl (C=O) groups is 1. The van der Waals surface area contributed by atoms with Crippen LogP contribution < -0.4 is 5.32 Å². The van der Waals surface area contributed by atoms with Crippen LogP contribution in [0.1, 0.15) is 24.2 Å². The molecule has 118 valence electrons. The van der Waals surface area contributed by atoms with Gasteiger partial charge in [0.25, 0.3) is 15.0 Å². The summed E-state index contributed by atoms with van der Waals surface area (Å²) in [6.45, 7) is 3.85. The zero-order valence-corrected chi connectivity index (χ0v) is 12.9. The summed E-state index contributed by atoms with van der Waals surface area (Å²) < 4.78 is 55.0. The number of amides is 1. The molecule has 1 aromatic rings. The predicted molar refractivity (Wildman–Crippen MR) is 72.8 cm³/mol. The molecule has 1 unspecified atom stereocenters. The monoisotopic (exact) mass is 341 g/mol. The fraction of sp³-hybridized carbons (Fsp3) is 0.417. The number of ether oxygens (including phenoxy) is 1. The van der Waals surface area contributed by atoms with Gasteiger partial charge in [0.2, 0.25) is 0 Å². The zero-order valence-electron chi connectivity index (χ0n) is 11.3.